The molecule has 1 aliphatic heterocycles. The molecule has 1 aliphatic carbocycles. The minimum absolute atomic E-state index is 0.0449. The highest BCUT2D eigenvalue weighted by atomic mass is 32.1. The molecule has 28 heavy (non-hydrogen) atoms. The summed E-state index contributed by atoms with van der Waals surface area (Å²) in [5.74, 6) is 0.702. The van der Waals surface area contributed by atoms with Crippen LogP contribution in [0.5, 0.6) is 0 Å². The molecular weight excluding hydrogens is 368 g/mol. The summed E-state index contributed by atoms with van der Waals surface area (Å²) in [7, 11) is 0. The maximum Gasteiger partial charge on any atom is 0.254 e. The fraction of sp³-hybridized carbons (Fsp3) is 0.409. The number of aryl methyl sites for hydroxylation is 1. The van der Waals surface area contributed by atoms with Crippen LogP contribution in [0.2, 0.25) is 0 Å². The van der Waals surface area contributed by atoms with Crippen LogP contribution in [-0.4, -0.2) is 32.9 Å². The van der Waals surface area contributed by atoms with E-state index in [1.807, 2.05) is 35.8 Å². The van der Waals surface area contributed by atoms with Gasteiger partial charge >= 0.3 is 0 Å². The van der Waals surface area contributed by atoms with Crippen molar-refractivity contribution in [2.45, 2.75) is 44.6 Å². The second kappa shape index (κ2) is 6.94. The largest absolute Gasteiger partial charge is 0.306 e. The van der Waals surface area contributed by atoms with Gasteiger partial charge in [0, 0.05) is 28.0 Å². The van der Waals surface area contributed by atoms with E-state index in [0.717, 1.165) is 67.8 Å². The Kier molecular flexibility index (Phi) is 4.40. The van der Waals surface area contributed by atoms with Gasteiger partial charge in [-0.3, -0.25) is 9.69 Å². The molecule has 6 heteroatoms. The Morgan fingerprint density at radius 1 is 1.18 bits per heavy atom. The molecule has 0 saturated carbocycles. The van der Waals surface area contributed by atoms with E-state index in [1.54, 1.807) is 11.3 Å². The Labute approximate surface area is 168 Å². The lowest BCUT2D eigenvalue weighted by Crippen LogP contribution is -2.41. The fourth-order valence-corrected chi connectivity index (χ4v) is 5.51. The number of hydrogen-bond donors (Lipinski definition) is 1. The summed E-state index contributed by atoms with van der Waals surface area (Å²) >= 11 is 1.75. The van der Waals surface area contributed by atoms with Gasteiger partial charge in [0.1, 0.15) is 5.82 Å². The van der Waals surface area contributed by atoms with Crippen LogP contribution in [0.3, 0.4) is 0 Å². The molecule has 1 N–H and O–H groups in total. The average Bonchev–Trinajstić information content (AvgIpc) is 3.29. The zero-order valence-corrected chi connectivity index (χ0v) is 16.9. The van der Waals surface area contributed by atoms with Gasteiger partial charge in [-0.15, -0.1) is 11.3 Å². The van der Waals surface area contributed by atoms with Gasteiger partial charge in [0.05, 0.1) is 16.9 Å². The molecule has 3 aromatic rings. The van der Waals surface area contributed by atoms with Crippen molar-refractivity contribution in [1.29, 1.82) is 0 Å². The van der Waals surface area contributed by atoms with E-state index in [2.05, 4.69) is 21.8 Å². The van der Waals surface area contributed by atoms with Crippen LogP contribution in [0.4, 0.5) is 0 Å². The van der Waals surface area contributed by atoms with Crippen molar-refractivity contribution in [3.63, 3.8) is 0 Å². The SMILES string of the molecule is Cc1ncsc1CN1CCC2(CCc3c2nc(-c2ccccc2)[nH]c3=O)CC1. The van der Waals surface area contributed by atoms with E-state index in [-0.39, 0.29) is 11.0 Å². The predicted molar refractivity (Wildman–Crippen MR) is 112 cm³/mol. The number of aromatic amines is 1. The number of aromatic nitrogens is 3. The van der Waals surface area contributed by atoms with Crippen LogP contribution in [0.15, 0.2) is 40.6 Å². The molecule has 144 valence electrons. The van der Waals surface area contributed by atoms with Crippen molar-refractivity contribution in [3.05, 3.63) is 68.0 Å². The summed E-state index contributed by atoms with van der Waals surface area (Å²) in [6.45, 7) is 5.17. The van der Waals surface area contributed by atoms with E-state index in [4.69, 9.17) is 4.98 Å². The van der Waals surface area contributed by atoms with Crippen LogP contribution in [0.25, 0.3) is 11.4 Å². The first-order chi connectivity index (χ1) is 13.6. The molecular formula is C22H24N4OS. The average molecular weight is 393 g/mol. The summed E-state index contributed by atoms with van der Waals surface area (Å²) < 4.78 is 0. The number of H-pyrrole nitrogens is 1. The molecule has 5 rings (SSSR count). The second-order valence-corrected chi connectivity index (χ2v) is 8.96. The quantitative estimate of drug-likeness (QED) is 0.739. The minimum atomic E-state index is 0.0449. The van der Waals surface area contributed by atoms with E-state index in [9.17, 15) is 4.79 Å². The Bertz CT molecular complexity index is 1050. The highest BCUT2D eigenvalue weighted by Crippen LogP contribution is 2.44. The number of likely N-dealkylation sites (tertiary alicyclic amines) is 1. The van der Waals surface area contributed by atoms with E-state index >= 15 is 0 Å². The monoisotopic (exact) mass is 392 g/mol. The first kappa shape index (κ1) is 17.8. The van der Waals surface area contributed by atoms with Gasteiger partial charge in [0.25, 0.3) is 5.56 Å². The topological polar surface area (TPSA) is 61.9 Å². The number of benzene rings is 1. The Morgan fingerprint density at radius 2 is 1.96 bits per heavy atom. The van der Waals surface area contributed by atoms with Crippen LogP contribution in [0.1, 0.15) is 41.1 Å². The zero-order chi connectivity index (χ0) is 19.1. The lowest BCUT2D eigenvalue weighted by Gasteiger charge is -2.39. The number of fused-ring (bicyclic) bond motifs is 2. The third-order valence-corrected chi connectivity index (χ3v) is 7.36. The van der Waals surface area contributed by atoms with Gasteiger partial charge in [-0.25, -0.2) is 9.97 Å². The van der Waals surface area contributed by atoms with Gasteiger partial charge < -0.3 is 4.98 Å². The predicted octanol–water partition coefficient (Wildman–Crippen LogP) is 3.68. The van der Waals surface area contributed by atoms with Gasteiger partial charge in [-0.1, -0.05) is 30.3 Å². The molecule has 2 aromatic heterocycles. The summed E-state index contributed by atoms with van der Waals surface area (Å²) in [4.78, 5) is 29.0. The van der Waals surface area contributed by atoms with Crippen molar-refractivity contribution in [1.82, 2.24) is 19.9 Å². The first-order valence-electron chi connectivity index (χ1n) is 9.95. The molecule has 1 fully saturated rings. The van der Waals surface area contributed by atoms with Gasteiger partial charge in [0.15, 0.2) is 0 Å². The second-order valence-electron chi connectivity index (χ2n) is 8.03. The number of rotatable bonds is 3. The Morgan fingerprint density at radius 3 is 2.68 bits per heavy atom. The molecule has 3 heterocycles. The number of hydrogen-bond acceptors (Lipinski definition) is 5. The molecule has 1 spiro atoms. The molecule has 0 amide bonds. The minimum Gasteiger partial charge on any atom is -0.306 e. The third kappa shape index (κ3) is 3.01. The fourth-order valence-electron chi connectivity index (χ4n) is 4.69. The van der Waals surface area contributed by atoms with Gasteiger partial charge in [0.2, 0.25) is 0 Å². The van der Waals surface area contributed by atoms with Crippen molar-refractivity contribution < 1.29 is 0 Å². The molecule has 1 saturated heterocycles. The number of nitrogens with one attached hydrogen (secondary N) is 1. The van der Waals surface area contributed by atoms with Crippen LogP contribution >= 0.6 is 11.3 Å². The van der Waals surface area contributed by atoms with Gasteiger partial charge in [-0.2, -0.15) is 0 Å². The number of thiazole rings is 1. The Hall–Kier alpha value is -2.31. The molecule has 0 unspecified atom stereocenters. The molecule has 0 radical (unpaired) electrons. The molecule has 1 aromatic carbocycles. The Balaban J connectivity index is 1.41. The highest BCUT2D eigenvalue weighted by molar-refractivity contribution is 7.09. The van der Waals surface area contributed by atoms with E-state index in [1.165, 1.54) is 4.88 Å². The molecule has 0 bridgehead atoms. The van der Waals surface area contributed by atoms with Crippen molar-refractivity contribution in [3.8, 4) is 11.4 Å². The van der Waals surface area contributed by atoms with Crippen molar-refractivity contribution in [2.24, 2.45) is 0 Å². The van der Waals surface area contributed by atoms with E-state index < -0.39 is 0 Å². The highest BCUT2D eigenvalue weighted by Gasteiger charge is 2.44. The summed E-state index contributed by atoms with van der Waals surface area (Å²) in [5.41, 5.74) is 6.13. The van der Waals surface area contributed by atoms with Crippen molar-refractivity contribution >= 4 is 11.3 Å². The standard InChI is InChI=1S/C22H24N4OS/c1-15-18(28-14-23-15)13-26-11-9-22(10-12-26)8-7-17-19(22)24-20(25-21(17)27)16-5-3-2-4-6-16/h2-6,14H,7-13H2,1H3,(H,24,25,27). The van der Waals surface area contributed by atoms with Crippen LogP contribution < -0.4 is 5.56 Å². The first-order valence-corrected chi connectivity index (χ1v) is 10.8. The summed E-state index contributed by atoms with van der Waals surface area (Å²) in [5, 5.41) is 0. The maximum atomic E-state index is 12.7. The number of piperidine rings is 1. The normalized spacial score (nSPS) is 18.5. The van der Waals surface area contributed by atoms with Crippen molar-refractivity contribution in [2.75, 3.05) is 13.1 Å². The summed E-state index contributed by atoms with van der Waals surface area (Å²) in [6, 6.07) is 9.96. The van der Waals surface area contributed by atoms with Crippen LogP contribution in [0, 0.1) is 6.92 Å². The molecule has 0 atom stereocenters. The van der Waals surface area contributed by atoms with Crippen LogP contribution in [-0.2, 0) is 18.4 Å². The number of nitrogens with zero attached hydrogens (tertiary/aromatic N) is 3. The zero-order valence-electron chi connectivity index (χ0n) is 16.1. The summed E-state index contributed by atoms with van der Waals surface area (Å²) in [6.07, 6.45) is 4.04. The van der Waals surface area contributed by atoms with Gasteiger partial charge in [-0.05, 0) is 45.7 Å². The maximum absolute atomic E-state index is 12.7. The lowest BCUT2D eigenvalue weighted by molar-refractivity contribution is 0.151. The smallest absolute Gasteiger partial charge is 0.254 e. The lowest BCUT2D eigenvalue weighted by atomic mass is 9.76. The third-order valence-electron chi connectivity index (χ3n) is 6.44. The van der Waals surface area contributed by atoms with E-state index in [0.29, 0.717) is 5.82 Å². The molecule has 2 aliphatic rings. The molecule has 5 nitrogen and oxygen atoms in total.